The second kappa shape index (κ2) is 11.9. The predicted octanol–water partition coefficient (Wildman–Crippen LogP) is 3.28. The molecule has 0 aliphatic heterocycles. The molecule has 1 atom stereocenters. The Morgan fingerprint density at radius 3 is 2.18 bits per heavy atom. The molecule has 0 bridgehead atoms. The van der Waals surface area contributed by atoms with Gasteiger partial charge in [-0.05, 0) is 20.4 Å². The van der Waals surface area contributed by atoms with Gasteiger partial charge in [-0.3, -0.25) is 4.79 Å². The van der Waals surface area contributed by atoms with Crippen LogP contribution >= 0.6 is 0 Å². The van der Waals surface area contributed by atoms with E-state index in [1.807, 2.05) is 14.0 Å². The Morgan fingerprint density at radius 1 is 1.06 bits per heavy atom. The molecule has 0 rings (SSSR count). The van der Waals surface area contributed by atoms with Gasteiger partial charge in [-0.15, -0.1) is 0 Å². The number of carbonyl (C=O) groups excluding carboxylic acids is 1. The number of nitrogens with one attached hydrogen (secondary N) is 1. The fourth-order valence-corrected chi connectivity index (χ4v) is 1.93. The van der Waals surface area contributed by atoms with Gasteiger partial charge in [0.15, 0.2) is 0 Å². The van der Waals surface area contributed by atoms with Crippen LogP contribution in [0.3, 0.4) is 0 Å². The monoisotopic (exact) mass is 243 g/mol. The van der Waals surface area contributed by atoms with Crippen LogP contribution < -0.4 is 5.32 Å². The van der Waals surface area contributed by atoms with Gasteiger partial charge in [-0.1, -0.05) is 51.9 Å². The Kier molecular flexibility index (Phi) is 11.5. The van der Waals surface area contributed by atoms with Crippen molar-refractivity contribution in [3.8, 4) is 0 Å². The van der Waals surface area contributed by atoms with Crippen molar-refractivity contribution in [2.24, 2.45) is 0 Å². The van der Waals surface area contributed by atoms with Crippen LogP contribution in [0.1, 0.15) is 65.2 Å². The highest BCUT2D eigenvalue weighted by atomic mass is 16.5. The number of ether oxygens (including phenoxy) is 1. The third kappa shape index (κ3) is 9.16. The number of hydrogen-bond donors (Lipinski definition) is 1. The van der Waals surface area contributed by atoms with E-state index in [4.69, 9.17) is 4.74 Å². The first-order chi connectivity index (χ1) is 8.26. The van der Waals surface area contributed by atoms with E-state index >= 15 is 0 Å². The standard InChI is InChI=1S/C14H29NO2/c1-4-6-7-8-9-10-11-12-13(15-3)14(16)17-5-2/h13,15H,4-12H2,1-3H3. The molecule has 0 aliphatic carbocycles. The third-order valence-electron chi connectivity index (χ3n) is 3.02. The Bertz CT molecular complexity index is 183. The van der Waals surface area contributed by atoms with Gasteiger partial charge >= 0.3 is 5.97 Å². The molecule has 102 valence electrons. The highest BCUT2D eigenvalue weighted by molar-refractivity contribution is 5.75. The lowest BCUT2D eigenvalue weighted by Gasteiger charge is -2.14. The van der Waals surface area contributed by atoms with Crippen LogP contribution in [0.4, 0.5) is 0 Å². The molecule has 0 saturated heterocycles. The molecular formula is C14H29NO2. The second-order valence-corrected chi connectivity index (χ2v) is 4.50. The van der Waals surface area contributed by atoms with Crippen molar-refractivity contribution in [1.29, 1.82) is 0 Å². The highest BCUT2D eigenvalue weighted by Gasteiger charge is 2.16. The van der Waals surface area contributed by atoms with Crippen LogP contribution in [0, 0.1) is 0 Å². The molecular weight excluding hydrogens is 214 g/mol. The Hall–Kier alpha value is -0.570. The quantitative estimate of drug-likeness (QED) is 0.447. The van der Waals surface area contributed by atoms with Gasteiger partial charge in [-0.2, -0.15) is 0 Å². The van der Waals surface area contributed by atoms with E-state index in [0.29, 0.717) is 6.61 Å². The normalized spacial score (nSPS) is 12.4. The molecule has 0 radical (unpaired) electrons. The van der Waals surface area contributed by atoms with E-state index < -0.39 is 0 Å². The summed E-state index contributed by atoms with van der Waals surface area (Å²) >= 11 is 0. The van der Waals surface area contributed by atoms with Crippen molar-refractivity contribution in [3.63, 3.8) is 0 Å². The first-order valence-corrected chi connectivity index (χ1v) is 7.10. The Morgan fingerprint density at radius 2 is 1.65 bits per heavy atom. The second-order valence-electron chi connectivity index (χ2n) is 4.50. The number of esters is 1. The molecule has 1 unspecified atom stereocenters. The molecule has 0 aliphatic rings. The van der Waals surface area contributed by atoms with E-state index in [-0.39, 0.29) is 12.0 Å². The average molecular weight is 243 g/mol. The Balaban J connectivity index is 3.46. The summed E-state index contributed by atoms with van der Waals surface area (Å²) in [5.74, 6) is -0.110. The molecule has 0 heterocycles. The van der Waals surface area contributed by atoms with Crippen LogP contribution in [0.5, 0.6) is 0 Å². The molecule has 0 aromatic rings. The first-order valence-electron chi connectivity index (χ1n) is 7.10. The number of carbonyl (C=O) groups is 1. The van der Waals surface area contributed by atoms with Crippen molar-refractivity contribution in [2.75, 3.05) is 13.7 Å². The van der Waals surface area contributed by atoms with Gasteiger partial charge in [0.2, 0.25) is 0 Å². The molecule has 1 N–H and O–H groups in total. The molecule has 0 aromatic carbocycles. The summed E-state index contributed by atoms with van der Waals surface area (Å²) in [6, 6.07) is -0.120. The summed E-state index contributed by atoms with van der Waals surface area (Å²) in [6.45, 7) is 4.54. The number of hydrogen-bond acceptors (Lipinski definition) is 3. The highest BCUT2D eigenvalue weighted by Crippen LogP contribution is 2.10. The number of likely N-dealkylation sites (N-methyl/N-ethyl adjacent to an activating group) is 1. The van der Waals surface area contributed by atoms with E-state index in [1.54, 1.807) is 0 Å². The molecule has 0 amide bonds. The summed E-state index contributed by atoms with van der Waals surface area (Å²) in [5.41, 5.74) is 0. The van der Waals surface area contributed by atoms with Crippen molar-refractivity contribution >= 4 is 5.97 Å². The molecule has 17 heavy (non-hydrogen) atoms. The molecule has 3 nitrogen and oxygen atoms in total. The first kappa shape index (κ1) is 16.4. The van der Waals surface area contributed by atoms with E-state index in [9.17, 15) is 4.79 Å². The number of unbranched alkanes of at least 4 members (excludes halogenated alkanes) is 6. The predicted molar refractivity (Wildman–Crippen MR) is 72.1 cm³/mol. The SMILES string of the molecule is CCCCCCCCCC(NC)C(=O)OCC. The maximum atomic E-state index is 11.5. The van der Waals surface area contributed by atoms with Crippen LogP contribution in [0.25, 0.3) is 0 Å². The molecule has 0 saturated carbocycles. The fraction of sp³-hybridized carbons (Fsp3) is 0.929. The van der Waals surface area contributed by atoms with Crippen LogP contribution in [0.15, 0.2) is 0 Å². The topological polar surface area (TPSA) is 38.3 Å². The van der Waals surface area contributed by atoms with Crippen LogP contribution in [0.2, 0.25) is 0 Å². The number of rotatable bonds is 11. The van der Waals surface area contributed by atoms with Gasteiger partial charge in [-0.25, -0.2) is 0 Å². The van der Waals surface area contributed by atoms with Crippen molar-refractivity contribution in [2.45, 2.75) is 71.3 Å². The van der Waals surface area contributed by atoms with E-state index in [0.717, 1.165) is 12.8 Å². The average Bonchev–Trinajstić information content (AvgIpc) is 2.33. The van der Waals surface area contributed by atoms with E-state index in [2.05, 4.69) is 12.2 Å². The maximum Gasteiger partial charge on any atom is 0.323 e. The molecule has 0 fully saturated rings. The third-order valence-corrected chi connectivity index (χ3v) is 3.02. The minimum absolute atomic E-state index is 0.110. The summed E-state index contributed by atoms with van der Waals surface area (Å²) in [4.78, 5) is 11.5. The summed E-state index contributed by atoms with van der Waals surface area (Å²) < 4.78 is 5.00. The molecule has 3 heteroatoms. The maximum absolute atomic E-state index is 11.5. The molecule has 0 aromatic heterocycles. The minimum atomic E-state index is -0.120. The van der Waals surface area contributed by atoms with Crippen molar-refractivity contribution in [3.05, 3.63) is 0 Å². The van der Waals surface area contributed by atoms with Crippen molar-refractivity contribution in [1.82, 2.24) is 5.32 Å². The van der Waals surface area contributed by atoms with Gasteiger partial charge in [0, 0.05) is 0 Å². The van der Waals surface area contributed by atoms with Crippen LogP contribution in [-0.4, -0.2) is 25.7 Å². The minimum Gasteiger partial charge on any atom is -0.465 e. The van der Waals surface area contributed by atoms with Crippen LogP contribution in [-0.2, 0) is 9.53 Å². The summed E-state index contributed by atoms with van der Waals surface area (Å²) in [7, 11) is 1.82. The zero-order valence-corrected chi connectivity index (χ0v) is 11.8. The summed E-state index contributed by atoms with van der Waals surface area (Å²) in [5, 5.41) is 3.02. The lowest BCUT2D eigenvalue weighted by atomic mass is 10.1. The zero-order valence-electron chi connectivity index (χ0n) is 11.8. The van der Waals surface area contributed by atoms with E-state index in [1.165, 1.54) is 38.5 Å². The Labute approximate surface area is 106 Å². The van der Waals surface area contributed by atoms with Gasteiger partial charge in [0.1, 0.15) is 6.04 Å². The van der Waals surface area contributed by atoms with Crippen molar-refractivity contribution < 1.29 is 9.53 Å². The lowest BCUT2D eigenvalue weighted by molar-refractivity contribution is -0.145. The van der Waals surface area contributed by atoms with Gasteiger partial charge in [0.05, 0.1) is 6.61 Å². The lowest BCUT2D eigenvalue weighted by Crippen LogP contribution is -2.35. The largest absolute Gasteiger partial charge is 0.465 e. The fourth-order valence-electron chi connectivity index (χ4n) is 1.93. The van der Waals surface area contributed by atoms with Gasteiger partial charge in [0.25, 0.3) is 0 Å². The smallest absolute Gasteiger partial charge is 0.323 e. The molecule has 0 spiro atoms. The van der Waals surface area contributed by atoms with Gasteiger partial charge < -0.3 is 10.1 Å². The summed E-state index contributed by atoms with van der Waals surface area (Å²) in [6.07, 6.45) is 9.84. The zero-order chi connectivity index (χ0) is 12.9.